The van der Waals surface area contributed by atoms with Crippen molar-refractivity contribution in [3.8, 4) is 0 Å². The molecule has 7 heteroatoms. The van der Waals surface area contributed by atoms with E-state index in [1.807, 2.05) is 31.2 Å². The lowest BCUT2D eigenvalue weighted by Gasteiger charge is -2.09. The van der Waals surface area contributed by atoms with Crippen LogP contribution >= 0.6 is 0 Å². The van der Waals surface area contributed by atoms with E-state index in [-0.39, 0.29) is 17.3 Å². The van der Waals surface area contributed by atoms with Crippen molar-refractivity contribution in [2.45, 2.75) is 24.9 Å². The highest BCUT2D eigenvalue weighted by Crippen LogP contribution is 2.12. The average Bonchev–Trinajstić information content (AvgIpc) is 2.72. The molecule has 144 valence electrons. The third-order valence-electron chi connectivity index (χ3n) is 4.19. The summed E-state index contributed by atoms with van der Waals surface area (Å²) in [5.74, 6) is -0.257. The van der Waals surface area contributed by atoms with E-state index in [0.29, 0.717) is 12.1 Å². The number of sulfonamides is 1. The van der Waals surface area contributed by atoms with E-state index in [1.54, 1.807) is 24.5 Å². The molecule has 28 heavy (non-hydrogen) atoms. The van der Waals surface area contributed by atoms with Gasteiger partial charge in [0.05, 0.1) is 4.90 Å². The van der Waals surface area contributed by atoms with Crippen molar-refractivity contribution in [2.75, 3.05) is 0 Å². The molecule has 0 bridgehead atoms. The van der Waals surface area contributed by atoms with Gasteiger partial charge in [0.15, 0.2) is 0 Å². The van der Waals surface area contributed by atoms with E-state index >= 15 is 0 Å². The molecule has 3 rings (SSSR count). The summed E-state index contributed by atoms with van der Waals surface area (Å²) in [4.78, 5) is 16.3. The molecule has 0 unspecified atom stereocenters. The molecular formula is C21H21N3O3S. The summed E-state index contributed by atoms with van der Waals surface area (Å²) < 4.78 is 27.3. The lowest BCUT2D eigenvalue weighted by Crippen LogP contribution is -2.24. The topological polar surface area (TPSA) is 88.2 Å². The van der Waals surface area contributed by atoms with Crippen LogP contribution in [0, 0.1) is 6.92 Å². The Morgan fingerprint density at radius 2 is 1.64 bits per heavy atom. The predicted molar refractivity (Wildman–Crippen MR) is 107 cm³/mol. The number of hydrogen-bond acceptors (Lipinski definition) is 4. The first kappa shape index (κ1) is 19.7. The molecule has 6 nitrogen and oxygen atoms in total. The Morgan fingerprint density at radius 3 is 2.29 bits per heavy atom. The van der Waals surface area contributed by atoms with Gasteiger partial charge in [-0.25, -0.2) is 13.1 Å². The van der Waals surface area contributed by atoms with Crippen LogP contribution in [0.5, 0.6) is 0 Å². The molecule has 3 aromatic rings. The van der Waals surface area contributed by atoms with Gasteiger partial charge in [0, 0.05) is 31.0 Å². The molecule has 0 saturated heterocycles. The maximum Gasteiger partial charge on any atom is 0.251 e. The van der Waals surface area contributed by atoms with E-state index in [9.17, 15) is 13.2 Å². The van der Waals surface area contributed by atoms with E-state index in [0.717, 1.165) is 16.7 Å². The van der Waals surface area contributed by atoms with Gasteiger partial charge in [-0.3, -0.25) is 9.78 Å². The molecule has 1 amide bonds. The molecule has 0 aliphatic rings. The second-order valence-electron chi connectivity index (χ2n) is 6.38. The molecule has 1 aromatic heterocycles. The number of aryl methyl sites for hydroxylation is 1. The first-order chi connectivity index (χ1) is 13.4. The summed E-state index contributed by atoms with van der Waals surface area (Å²) in [5.41, 5.74) is 3.32. The molecule has 0 aliphatic heterocycles. The van der Waals surface area contributed by atoms with Crippen LogP contribution in [0.2, 0.25) is 0 Å². The minimum Gasteiger partial charge on any atom is -0.348 e. The highest BCUT2D eigenvalue weighted by molar-refractivity contribution is 7.89. The van der Waals surface area contributed by atoms with Gasteiger partial charge in [0.25, 0.3) is 5.91 Å². The molecule has 0 aliphatic carbocycles. The van der Waals surface area contributed by atoms with Crippen LogP contribution < -0.4 is 10.0 Å². The quantitative estimate of drug-likeness (QED) is 0.644. The number of pyridine rings is 1. The summed E-state index contributed by atoms with van der Waals surface area (Å²) >= 11 is 0. The Hall–Kier alpha value is -3.03. The van der Waals surface area contributed by atoms with Crippen LogP contribution in [0.4, 0.5) is 0 Å². The summed E-state index contributed by atoms with van der Waals surface area (Å²) in [5, 5.41) is 2.83. The molecular weight excluding hydrogens is 374 g/mol. The Balaban J connectivity index is 1.60. The minimum absolute atomic E-state index is 0.103. The van der Waals surface area contributed by atoms with Gasteiger partial charge in [-0.2, -0.15) is 0 Å². The van der Waals surface area contributed by atoms with Crippen molar-refractivity contribution in [1.82, 2.24) is 15.0 Å². The number of nitrogens with one attached hydrogen (secondary N) is 2. The van der Waals surface area contributed by atoms with Crippen molar-refractivity contribution in [2.24, 2.45) is 0 Å². The van der Waals surface area contributed by atoms with Crippen LogP contribution in [-0.2, 0) is 23.1 Å². The summed E-state index contributed by atoms with van der Waals surface area (Å²) in [6.45, 7) is 2.56. The Bertz CT molecular complexity index is 1030. The van der Waals surface area contributed by atoms with Crippen LogP contribution in [0.3, 0.4) is 0 Å². The number of carbonyl (C=O) groups is 1. The van der Waals surface area contributed by atoms with Crippen molar-refractivity contribution >= 4 is 15.9 Å². The Labute approximate surface area is 164 Å². The van der Waals surface area contributed by atoms with E-state index < -0.39 is 10.0 Å². The molecule has 0 atom stereocenters. The number of amides is 1. The van der Waals surface area contributed by atoms with E-state index in [2.05, 4.69) is 15.0 Å². The van der Waals surface area contributed by atoms with Crippen LogP contribution in [0.25, 0.3) is 0 Å². The van der Waals surface area contributed by atoms with Gasteiger partial charge in [0.2, 0.25) is 10.0 Å². The molecule has 0 radical (unpaired) electrons. The average molecular weight is 395 g/mol. The number of hydrogen-bond donors (Lipinski definition) is 2. The second kappa shape index (κ2) is 8.77. The smallest absolute Gasteiger partial charge is 0.251 e. The number of aromatic nitrogens is 1. The number of carbonyl (C=O) groups excluding carboxylic acids is 1. The lowest BCUT2D eigenvalue weighted by atomic mass is 10.1. The molecule has 0 fully saturated rings. The van der Waals surface area contributed by atoms with Gasteiger partial charge in [-0.1, -0.05) is 35.9 Å². The zero-order valence-corrected chi connectivity index (χ0v) is 16.2. The molecule has 2 N–H and O–H groups in total. The lowest BCUT2D eigenvalue weighted by molar-refractivity contribution is 0.0951. The van der Waals surface area contributed by atoms with Crippen LogP contribution in [-0.4, -0.2) is 19.3 Å². The van der Waals surface area contributed by atoms with Gasteiger partial charge in [-0.05, 0) is 48.4 Å². The zero-order chi connectivity index (χ0) is 20.0. The molecule has 1 heterocycles. The highest BCUT2D eigenvalue weighted by Gasteiger charge is 2.15. The molecule has 0 saturated carbocycles. The number of nitrogens with zero attached hydrogens (tertiary/aromatic N) is 1. The van der Waals surface area contributed by atoms with Crippen LogP contribution in [0.15, 0.2) is 78.0 Å². The molecule has 2 aromatic carbocycles. The fourth-order valence-corrected chi connectivity index (χ4v) is 3.56. The fraction of sp³-hybridized carbons (Fsp3) is 0.143. The van der Waals surface area contributed by atoms with Crippen molar-refractivity contribution < 1.29 is 13.2 Å². The zero-order valence-electron chi connectivity index (χ0n) is 15.4. The molecule has 0 spiro atoms. The summed E-state index contributed by atoms with van der Waals surface area (Å²) in [6.07, 6.45) is 3.23. The second-order valence-corrected chi connectivity index (χ2v) is 8.15. The predicted octanol–water partition coefficient (Wildman–Crippen LogP) is 2.80. The first-order valence-electron chi connectivity index (χ1n) is 8.76. The maximum atomic E-state index is 12.4. The van der Waals surface area contributed by atoms with Gasteiger partial charge in [-0.15, -0.1) is 0 Å². The fourth-order valence-electron chi connectivity index (χ4n) is 2.54. The van der Waals surface area contributed by atoms with Crippen molar-refractivity contribution in [3.05, 3.63) is 95.3 Å². The SMILES string of the molecule is Cc1ccc(CNC(=O)c2ccc(S(=O)(=O)NCc3cccnc3)cc2)cc1. The van der Waals surface area contributed by atoms with E-state index in [1.165, 1.54) is 24.3 Å². The third-order valence-corrected chi connectivity index (χ3v) is 5.61. The number of rotatable bonds is 7. The maximum absolute atomic E-state index is 12.4. The normalized spacial score (nSPS) is 11.2. The van der Waals surface area contributed by atoms with E-state index in [4.69, 9.17) is 0 Å². The largest absolute Gasteiger partial charge is 0.348 e. The van der Waals surface area contributed by atoms with Gasteiger partial charge in [0.1, 0.15) is 0 Å². The van der Waals surface area contributed by atoms with Crippen LogP contribution in [0.1, 0.15) is 27.0 Å². The van der Waals surface area contributed by atoms with Gasteiger partial charge < -0.3 is 5.32 Å². The summed E-state index contributed by atoms with van der Waals surface area (Å²) in [6, 6.07) is 17.3. The third kappa shape index (κ3) is 5.25. The van der Waals surface area contributed by atoms with Gasteiger partial charge >= 0.3 is 0 Å². The Kier molecular flexibility index (Phi) is 6.18. The monoisotopic (exact) mass is 395 g/mol. The van der Waals surface area contributed by atoms with Crippen molar-refractivity contribution in [3.63, 3.8) is 0 Å². The minimum atomic E-state index is -3.67. The Morgan fingerprint density at radius 1 is 0.929 bits per heavy atom. The highest BCUT2D eigenvalue weighted by atomic mass is 32.2. The number of benzene rings is 2. The first-order valence-corrected chi connectivity index (χ1v) is 10.2. The van der Waals surface area contributed by atoms with Crippen molar-refractivity contribution in [1.29, 1.82) is 0 Å². The summed E-state index contributed by atoms with van der Waals surface area (Å²) in [7, 11) is -3.67. The standard InChI is InChI=1S/C21H21N3O3S/c1-16-4-6-17(7-5-16)14-23-21(25)19-8-10-20(11-9-19)28(26,27)24-15-18-3-2-12-22-13-18/h2-13,24H,14-15H2,1H3,(H,23,25).